The maximum atomic E-state index is 4.41. The monoisotopic (exact) mass is 306 g/mol. The molecule has 0 radical (unpaired) electrons. The van der Waals surface area contributed by atoms with Crippen molar-refractivity contribution in [2.45, 2.75) is 20.0 Å². The third-order valence-corrected chi connectivity index (χ3v) is 3.21. The van der Waals surface area contributed by atoms with Crippen molar-refractivity contribution >= 4 is 11.6 Å². The summed E-state index contributed by atoms with van der Waals surface area (Å²) in [5.74, 6) is 2.27. The van der Waals surface area contributed by atoms with Crippen molar-refractivity contribution < 1.29 is 0 Å². The van der Waals surface area contributed by atoms with E-state index < -0.39 is 0 Å². The quantitative estimate of drug-likeness (QED) is 0.729. The zero-order valence-corrected chi connectivity index (χ0v) is 12.9. The fourth-order valence-corrected chi connectivity index (χ4v) is 2.13. The summed E-state index contributed by atoms with van der Waals surface area (Å²) < 4.78 is 0. The zero-order chi connectivity index (χ0) is 15.9. The van der Waals surface area contributed by atoms with Gasteiger partial charge >= 0.3 is 0 Å². The normalized spacial score (nSPS) is 10.3. The van der Waals surface area contributed by atoms with E-state index in [2.05, 4.69) is 30.6 Å². The van der Waals surface area contributed by atoms with Crippen LogP contribution in [0.1, 0.15) is 17.1 Å². The Morgan fingerprint density at radius 2 is 1.74 bits per heavy atom. The molecular formula is C17H18N6. The highest BCUT2D eigenvalue weighted by molar-refractivity contribution is 5.47. The van der Waals surface area contributed by atoms with E-state index in [0.717, 1.165) is 22.9 Å². The molecule has 3 aromatic rings. The third kappa shape index (κ3) is 4.47. The van der Waals surface area contributed by atoms with Gasteiger partial charge in [-0.2, -0.15) is 0 Å². The number of nitrogens with one attached hydrogen (secondary N) is 2. The lowest BCUT2D eigenvalue weighted by Crippen LogP contribution is -2.07. The lowest BCUT2D eigenvalue weighted by molar-refractivity contribution is 0.983. The van der Waals surface area contributed by atoms with Crippen LogP contribution in [0.5, 0.6) is 0 Å². The number of nitrogens with zero attached hydrogens (tertiary/aromatic N) is 4. The van der Waals surface area contributed by atoms with Crippen molar-refractivity contribution in [3.05, 3.63) is 72.1 Å². The Hall–Kier alpha value is -3.02. The van der Waals surface area contributed by atoms with Gasteiger partial charge in [0.05, 0.1) is 12.2 Å². The van der Waals surface area contributed by atoms with Gasteiger partial charge in [0.15, 0.2) is 0 Å². The second-order valence-corrected chi connectivity index (χ2v) is 5.08. The lowest BCUT2D eigenvalue weighted by Gasteiger charge is -2.10. The molecule has 0 saturated carbocycles. The molecule has 0 saturated heterocycles. The Balaban J connectivity index is 1.64. The molecule has 3 aromatic heterocycles. The summed E-state index contributed by atoms with van der Waals surface area (Å²) in [7, 11) is 0. The molecule has 0 amide bonds. The number of hydrogen-bond acceptors (Lipinski definition) is 6. The minimum atomic E-state index is 0.624. The molecule has 0 aromatic carbocycles. The van der Waals surface area contributed by atoms with Gasteiger partial charge in [-0.05, 0) is 30.7 Å². The van der Waals surface area contributed by atoms with Crippen LogP contribution in [-0.4, -0.2) is 19.9 Å². The van der Waals surface area contributed by atoms with E-state index in [1.165, 1.54) is 0 Å². The summed E-state index contributed by atoms with van der Waals surface area (Å²) in [5.41, 5.74) is 2.07. The Morgan fingerprint density at radius 3 is 2.43 bits per heavy atom. The van der Waals surface area contributed by atoms with Gasteiger partial charge in [-0.25, -0.2) is 9.97 Å². The second kappa shape index (κ2) is 7.31. The number of aromatic nitrogens is 4. The average Bonchev–Trinajstić information content (AvgIpc) is 2.60. The predicted octanol–water partition coefficient (Wildman–Crippen LogP) is 2.80. The van der Waals surface area contributed by atoms with Crippen molar-refractivity contribution in [2.75, 3.05) is 10.6 Å². The van der Waals surface area contributed by atoms with E-state index in [0.29, 0.717) is 18.9 Å². The summed E-state index contributed by atoms with van der Waals surface area (Å²) in [4.78, 5) is 17.2. The maximum Gasteiger partial charge on any atom is 0.132 e. The average molecular weight is 306 g/mol. The minimum Gasteiger partial charge on any atom is -0.366 e. The molecule has 3 rings (SSSR count). The fraction of sp³-hybridized carbons (Fsp3) is 0.176. The van der Waals surface area contributed by atoms with E-state index in [1.54, 1.807) is 12.4 Å². The molecule has 2 N–H and O–H groups in total. The van der Waals surface area contributed by atoms with Crippen LogP contribution in [0.4, 0.5) is 11.6 Å². The van der Waals surface area contributed by atoms with Crippen LogP contribution < -0.4 is 10.6 Å². The van der Waals surface area contributed by atoms with Crippen LogP contribution in [0, 0.1) is 6.92 Å². The highest BCUT2D eigenvalue weighted by atomic mass is 15.1. The van der Waals surface area contributed by atoms with Gasteiger partial charge in [-0.1, -0.05) is 12.1 Å². The van der Waals surface area contributed by atoms with Crippen LogP contribution >= 0.6 is 0 Å². The first-order valence-electron chi connectivity index (χ1n) is 7.42. The van der Waals surface area contributed by atoms with E-state index >= 15 is 0 Å². The van der Waals surface area contributed by atoms with Crippen LogP contribution in [-0.2, 0) is 13.1 Å². The van der Waals surface area contributed by atoms with Gasteiger partial charge in [0, 0.05) is 31.2 Å². The number of anilines is 2. The van der Waals surface area contributed by atoms with Crippen LogP contribution in [0.25, 0.3) is 0 Å². The van der Waals surface area contributed by atoms with Crippen molar-refractivity contribution in [3.8, 4) is 0 Å². The van der Waals surface area contributed by atoms with Gasteiger partial charge in [0.2, 0.25) is 0 Å². The highest BCUT2D eigenvalue weighted by Crippen LogP contribution is 2.13. The Kier molecular flexibility index (Phi) is 4.73. The maximum absolute atomic E-state index is 4.41. The Morgan fingerprint density at radius 1 is 0.913 bits per heavy atom. The van der Waals surface area contributed by atoms with E-state index in [1.807, 2.05) is 49.5 Å². The van der Waals surface area contributed by atoms with Crippen molar-refractivity contribution in [3.63, 3.8) is 0 Å². The number of pyridine rings is 2. The summed E-state index contributed by atoms with van der Waals surface area (Å²) >= 11 is 0. The molecule has 23 heavy (non-hydrogen) atoms. The number of rotatable bonds is 6. The molecule has 0 aliphatic rings. The van der Waals surface area contributed by atoms with Crippen molar-refractivity contribution in [1.29, 1.82) is 0 Å². The molecule has 116 valence electrons. The Labute approximate surface area is 135 Å². The lowest BCUT2D eigenvalue weighted by atomic mass is 10.3. The molecule has 0 aliphatic carbocycles. The van der Waals surface area contributed by atoms with Gasteiger partial charge in [0.1, 0.15) is 17.5 Å². The number of aryl methyl sites for hydroxylation is 1. The Bertz CT molecular complexity index is 684. The molecule has 0 spiro atoms. The van der Waals surface area contributed by atoms with Crippen LogP contribution in [0.15, 0.2) is 55.0 Å². The zero-order valence-electron chi connectivity index (χ0n) is 12.9. The van der Waals surface area contributed by atoms with Gasteiger partial charge in [0.25, 0.3) is 0 Å². The van der Waals surface area contributed by atoms with Gasteiger partial charge in [-0.3, -0.25) is 9.97 Å². The molecule has 0 bridgehead atoms. The summed E-state index contributed by atoms with van der Waals surface area (Å²) in [6, 6.07) is 11.7. The smallest absolute Gasteiger partial charge is 0.132 e. The predicted molar refractivity (Wildman–Crippen MR) is 89.9 cm³/mol. The molecule has 6 heteroatoms. The standard InChI is InChI=1S/C17H18N6/c1-13-22-16(20-11-14-5-4-7-18-10-14)9-17(23-13)21-12-15-6-2-3-8-19-15/h2-10H,11-12H2,1H3,(H2,20,21,22,23). The minimum absolute atomic E-state index is 0.624. The SMILES string of the molecule is Cc1nc(NCc2cccnc2)cc(NCc2ccccn2)n1. The van der Waals surface area contributed by atoms with Crippen molar-refractivity contribution in [1.82, 2.24) is 19.9 Å². The van der Waals surface area contributed by atoms with Gasteiger partial charge in [-0.15, -0.1) is 0 Å². The first-order valence-corrected chi connectivity index (χ1v) is 7.42. The van der Waals surface area contributed by atoms with E-state index in [9.17, 15) is 0 Å². The highest BCUT2D eigenvalue weighted by Gasteiger charge is 2.02. The first kappa shape index (κ1) is 14.9. The van der Waals surface area contributed by atoms with E-state index in [-0.39, 0.29) is 0 Å². The molecule has 0 atom stereocenters. The van der Waals surface area contributed by atoms with Crippen molar-refractivity contribution in [2.24, 2.45) is 0 Å². The molecule has 3 heterocycles. The molecule has 6 nitrogen and oxygen atoms in total. The van der Waals surface area contributed by atoms with E-state index in [4.69, 9.17) is 0 Å². The molecule has 0 unspecified atom stereocenters. The largest absolute Gasteiger partial charge is 0.366 e. The topological polar surface area (TPSA) is 75.6 Å². The summed E-state index contributed by atoms with van der Waals surface area (Å²) in [5, 5.41) is 6.57. The van der Waals surface area contributed by atoms with Crippen LogP contribution in [0.2, 0.25) is 0 Å². The molecular weight excluding hydrogens is 288 g/mol. The summed E-state index contributed by atoms with van der Waals surface area (Å²) in [6.07, 6.45) is 5.38. The second-order valence-electron chi connectivity index (χ2n) is 5.08. The summed E-state index contributed by atoms with van der Waals surface area (Å²) in [6.45, 7) is 3.17. The van der Waals surface area contributed by atoms with Gasteiger partial charge < -0.3 is 10.6 Å². The molecule has 0 fully saturated rings. The molecule has 0 aliphatic heterocycles. The fourth-order valence-electron chi connectivity index (χ4n) is 2.13. The van der Waals surface area contributed by atoms with Crippen LogP contribution in [0.3, 0.4) is 0 Å². The number of hydrogen-bond donors (Lipinski definition) is 2. The first-order chi connectivity index (χ1) is 11.3. The third-order valence-electron chi connectivity index (χ3n) is 3.21.